The lowest BCUT2D eigenvalue weighted by Gasteiger charge is -2.30. The minimum Gasteiger partial charge on any atom is -0.388 e. The van der Waals surface area contributed by atoms with Crippen molar-refractivity contribution in [3.63, 3.8) is 0 Å². The first-order chi connectivity index (χ1) is 13.6. The monoisotopic (exact) mass is 393 g/mol. The maximum absolute atomic E-state index is 7.56. The first kappa shape index (κ1) is 19.0. The van der Waals surface area contributed by atoms with Gasteiger partial charge in [0.2, 0.25) is 0 Å². The maximum Gasteiger partial charge on any atom is 0.0962 e. The van der Waals surface area contributed by atoms with Crippen LogP contribution in [0.2, 0.25) is 0 Å². The normalized spacial score (nSPS) is 18.4. The lowest BCUT2D eigenvalue weighted by molar-refractivity contribution is 0.242. The molecule has 0 aliphatic carbocycles. The number of hydrogen-bond acceptors (Lipinski definition) is 5. The van der Waals surface area contributed by atoms with E-state index < -0.39 is 0 Å². The van der Waals surface area contributed by atoms with Crippen LogP contribution in [0.4, 0.5) is 5.69 Å². The summed E-state index contributed by atoms with van der Waals surface area (Å²) in [7, 11) is 4.09. The van der Waals surface area contributed by atoms with Crippen molar-refractivity contribution in [3.8, 4) is 11.3 Å². The van der Waals surface area contributed by atoms with Crippen molar-refractivity contribution in [1.82, 2.24) is 15.1 Å². The van der Waals surface area contributed by atoms with E-state index in [9.17, 15) is 0 Å². The molecule has 28 heavy (non-hydrogen) atoms. The SMILES string of the molecule is C=C1C=C(C2CCN(C)CC2)SCc2c1n[nH]c2-c1ccc(C=N)c(NC)c1. The summed E-state index contributed by atoms with van der Waals surface area (Å²) in [6.45, 7) is 6.65. The lowest BCUT2D eigenvalue weighted by Crippen LogP contribution is -2.30. The standard InChI is InChI=1S/C22H27N5S/c1-14-10-20(15-6-8-27(3)9-7-15)28-13-18-21(14)25-26-22(18)16-4-5-17(12-23)19(11-16)24-2/h4-5,10-12,15,23-24H,1,6-9,13H2,2-3H3,(H,25,26). The number of piperidine rings is 1. The van der Waals surface area contributed by atoms with E-state index in [1.165, 1.54) is 29.5 Å². The molecule has 3 N–H and O–H groups in total. The van der Waals surface area contributed by atoms with Crippen LogP contribution < -0.4 is 5.32 Å². The van der Waals surface area contributed by atoms with E-state index in [1.54, 1.807) is 0 Å². The lowest BCUT2D eigenvalue weighted by atomic mass is 9.95. The Morgan fingerprint density at radius 2 is 2.14 bits per heavy atom. The molecule has 6 heteroatoms. The molecule has 1 fully saturated rings. The number of nitrogens with one attached hydrogen (secondary N) is 3. The molecule has 0 unspecified atom stereocenters. The predicted molar refractivity (Wildman–Crippen MR) is 120 cm³/mol. The second kappa shape index (κ2) is 7.97. The van der Waals surface area contributed by atoms with E-state index in [0.29, 0.717) is 5.92 Å². The molecule has 1 saturated heterocycles. The van der Waals surface area contributed by atoms with Gasteiger partial charge in [-0.05, 0) is 61.5 Å². The summed E-state index contributed by atoms with van der Waals surface area (Å²) in [6.07, 6.45) is 6.07. The molecule has 5 nitrogen and oxygen atoms in total. The molecule has 0 bridgehead atoms. The smallest absolute Gasteiger partial charge is 0.0962 e. The van der Waals surface area contributed by atoms with Crippen molar-refractivity contribution in [3.05, 3.63) is 52.6 Å². The topological polar surface area (TPSA) is 67.8 Å². The van der Waals surface area contributed by atoms with Gasteiger partial charge in [0.15, 0.2) is 0 Å². The Bertz CT molecular complexity index is 934. The zero-order valence-electron chi connectivity index (χ0n) is 16.5. The second-order valence-electron chi connectivity index (χ2n) is 7.56. The Morgan fingerprint density at radius 1 is 1.36 bits per heavy atom. The molecule has 0 saturated carbocycles. The fraction of sp³-hybridized carbons (Fsp3) is 0.364. The molecule has 3 heterocycles. The van der Waals surface area contributed by atoms with Crippen LogP contribution >= 0.6 is 11.8 Å². The Kier molecular flexibility index (Phi) is 5.42. The van der Waals surface area contributed by atoms with Crippen LogP contribution in [0, 0.1) is 11.3 Å². The highest BCUT2D eigenvalue weighted by Crippen LogP contribution is 2.42. The molecule has 0 amide bonds. The number of likely N-dealkylation sites (tertiary alicyclic amines) is 1. The van der Waals surface area contributed by atoms with Crippen LogP contribution in [0.1, 0.15) is 29.7 Å². The fourth-order valence-corrected chi connectivity index (χ4v) is 5.32. The largest absolute Gasteiger partial charge is 0.388 e. The van der Waals surface area contributed by atoms with Gasteiger partial charge in [-0.3, -0.25) is 5.10 Å². The van der Waals surface area contributed by atoms with Crippen molar-refractivity contribution < 1.29 is 0 Å². The first-order valence-electron chi connectivity index (χ1n) is 9.72. The highest BCUT2D eigenvalue weighted by atomic mass is 32.2. The van der Waals surface area contributed by atoms with Gasteiger partial charge in [-0.1, -0.05) is 18.7 Å². The van der Waals surface area contributed by atoms with Gasteiger partial charge in [0.25, 0.3) is 0 Å². The predicted octanol–water partition coefficient (Wildman–Crippen LogP) is 4.60. The second-order valence-corrected chi connectivity index (χ2v) is 8.61. The van der Waals surface area contributed by atoms with Crippen molar-refractivity contribution in [2.75, 3.05) is 32.5 Å². The molecule has 0 radical (unpaired) electrons. The fourth-order valence-electron chi connectivity index (χ4n) is 4.03. The third-order valence-corrected chi connectivity index (χ3v) is 6.98. The van der Waals surface area contributed by atoms with Crippen LogP contribution in [0.3, 0.4) is 0 Å². The molecule has 4 rings (SSSR count). The molecular formula is C22H27N5S. The van der Waals surface area contributed by atoms with Crippen LogP contribution in [0.25, 0.3) is 16.8 Å². The highest BCUT2D eigenvalue weighted by molar-refractivity contribution is 8.02. The van der Waals surface area contributed by atoms with E-state index in [1.807, 2.05) is 24.9 Å². The molecule has 2 aliphatic heterocycles. The Labute approximate surface area is 170 Å². The summed E-state index contributed by atoms with van der Waals surface area (Å²) in [4.78, 5) is 3.87. The van der Waals surface area contributed by atoms with Gasteiger partial charge in [0, 0.05) is 41.4 Å². The third kappa shape index (κ3) is 3.54. The zero-order chi connectivity index (χ0) is 19.7. The van der Waals surface area contributed by atoms with Gasteiger partial charge in [0.1, 0.15) is 0 Å². The summed E-state index contributed by atoms with van der Waals surface area (Å²) in [5.41, 5.74) is 7.16. The summed E-state index contributed by atoms with van der Waals surface area (Å²) in [5.74, 6) is 1.54. The number of benzene rings is 1. The average molecular weight is 394 g/mol. The minimum atomic E-state index is 0.636. The Morgan fingerprint density at radius 3 is 2.86 bits per heavy atom. The van der Waals surface area contributed by atoms with Crippen molar-refractivity contribution in [2.45, 2.75) is 18.6 Å². The van der Waals surface area contributed by atoms with Crippen LogP contribution in [-0.4, -0.2) is 48.5 Å². The van der Waals surface area contributed by atoms with Gasteiger partial charge >= 0.3 is 0 Å². The van der Waals surface area contributed by atoms with Gasteiger partial charge in [0.05, 0.1) is 11.4 Å². The molecular weight excluding hydrogens is 366 g/mol. The number of thioether (sulfide) groups is 1. The van der Waals surface area contributed by atoms with Crippen LogP contribution in [0.15, 0.2) is 35.8 Å². The number of H-pyrrole nitrogens is 1. The number of nitrogens with zero attached hydrogens (tertiary/aromatic N) is 2. The quantitative estimate of drug-likeness (QED) is 0.664. The number of hydrogen-bond donors (Lipinski definition) is 3. The Balaban J connectivity index is 1.63. The van der Waals surface area contributed by atoms with Crippen LogP contribution in [0.5, 0.6) is 0 Å². The number of allylic oxidation sites excluding steroid dienone is 3. The molecule has 1 aromatic heterocycles. The van der Waals surface area contributed by atoms with Gasteiger partial charge < -0.3 is 15.6 Å². The molecule has 0 spiro atoms. The molecule has 2 aliphatic rings. The number of aromatic amines is 1. The van der Waals surface area contributed by atoms with Crippen molar-refractivity contribution in [1.29, 1.82) is 5.41 Å². The summed E-state index contributed by atoms with van der Waals surface area (Å²) < 4.78 is 0. The van der Waals surface area contributed by atoms with Crippen LogP contribution in [-0.2, 0) is 5.75 Å². The number of rotatable bonds is 4. The zero-order valence-corrected chi connectivity index (χ0v) is 17.3. The van der Waals surface area contributed by atoms with E-state index in [0.717, 1.165) is 52.6 Å². The summed E-state index contributed by atoms with van der Waals surface area (Å²) in [6, 6.07) is 6.11. The summed E-state index contributed by atoms with van der Waals surface area (Å²) >= 11 is 1.94. The van der Waals surface area contributed by atoms with E-state index in [-0.39, 0.29) is 0 Å². The van der Waals surface area contributed by atoms with Crippen molar-refractivity contribution in [2.24, 2.45) is 5.92 Å². The average Bonchev–Trinajstić information content (AvgIpc) is 3.08. The number of anilines is 1. The first-order valence-corrected chi connectivity index (χ1v) is 10.7. The minimum absolute atomic E-state index is 0.636. The van der Waals surface area contributed by atoms with Gasteiger partial charge in [-0.15, -0.1) is 11.8 Å². The van der Waals surface area contributed by atoms with E-state index in [2.05, 4.69) is 52.2 Å². The van der Waals surface area contributed by atoms with Crippen molar-refractivity contribution >= 4 is 29.2 Å². The maximum atomic E-state index is 7.56. The van der Waals surface area contributed by atoms with Gasteiger partial charge in [-0.2, -0.15) is 5.10 Å². The van der Waals surface area contributed by atoms with E-state index in [4.69, 9.17) is 5.41 Å². The third-order valence-electron chi connectivity index (χ3n) is 5.76. The molecule has 2 aromatic rings. The number of aromatic nitrogens is 2. The Hall–Kier alpha value is -2.31. The van der Waals surface area contributed by atoms with Gasteiger partial charge in [-0.25, -0.2) is 0 Å². The summed E-state index contributed by atoms with van der Waals surface area (Å²) in [5, 5.41) is 18.6. The number of fused-ring (bicyclic) bond motifs is 1. The highest BCUT2D eigenvalue weighted by Gasteiger charge is 2.26. The molecule has 1 aromatic carbocycles. The molecule has 146 valence electrons. The molecule has 0 atom stereocenters. The van der Waals surface area contributed by atoms with E-state index >= 15 is 0 Å².